The SMILES string of the molecule is Cn1ccc(=NCC#N)n(C)c1=O. The second kappa shape index (κ2) is 3.72. The molecule has 0 aliphatic heterocycles. The number of aromatic nitrogens is 2. The Bertz CT molecular complexity index is 460. The Labute approximate surface area is 75.2 Å². The van der Waals surface area contributed by atoms with E-state index in [4.69, 9.17) is 5.26 Å². The van der Waals surface area contributed by atoms with Crippen LogP contribution in [0.4, 0.5) is 0 Å². The molecule has 1 aromatic heterocycles. The van der Waals surface area contributed by atoms with Crippen LogP contribution < -0.4 is 11.2 Å². The van der Waals surface area contributed by atoms with Gasteiger partial charge < -0.3 is 4.57 Å². The van der Waals surface area contributed by atoms with E-state index >= 15 is 0 Å². The monoisotopic (exact) mass is 178 g/mol. The lowest BCUT2D eigenvalue weighted by atomic mass is 10.6. The summed E-state index contributed by atoms with van der Waals surface area (Å²) in [5, 5.41) is 8.31. The minimum Gasteiger partial charge on any atom is -0.304 e. The van der Waals surface area contributed by atoms with Crippen molar-refractivity contribution in [3.05, 3.63) is 28.2 Å². The van der Waals surface area contributed by atoms with Crippen LogP contribution in [0.5, 0.6) is 0 Å². The van der Waals surface area contributed by atoms with Gasteiger partial charge in [-0.1, -0.05) is 0 Å². The molecule has 0 fully saturated rings. The van der Waals surface area contributed by atoms with Gasteiger partial charge in [0.15, 0.2) is 0 Å². The van der Waals surface area contributed by atoms with Crippen LogP contribution in [-0.4, -0.2) is 15.7 Å². The van der Waals surface area contributed by atoms with E-state index < -0.39 is 0 Å². The summed E-state index contributed by atoms with van der Waals surface area (Å²) < 4.78 is 2.85. The number of nitrogens with zero attached hydrogens (tertiary/aromatic N) is 4. The Balaban J connectivity index is 3.37. The molecule has 0 bridgehead atoms. The molecule has 0 aromatic carbocycles. The zero-order chi connectivity index (χ0) is 9.84. The van der Waals surface area contributed by atoms with Crippen LogP contribution in [0.1, 0.15) is 0 Å². The van der Waals surface area contributed by atoms with Gasteiger partial charge in [0.25, 0.3) is 0 Å². The van der Waals surface area contributed by atoms with Crippen molar-refractivity contribution >= 4 is 0 Å². The minimum absolute atomic E-state index is 0.0704. The summed E-state index contributed by atoms with van der Waals surface area (Å²) in [5.41, 5.74) is 0.365. The van der Waals surface area contributed by atoms with Crippen LogP contribution in [0, 0.1) is 11.3 Å². The molecule has 1 aromatic rings. The van der Waals surface area contributed by atoms with Gasteiger partial charge in [0.05, 0.1) is 6.07 Å². The topological polar surface area (TPSA) is 63.1 Å². The van der Waals surface area contributed by atoms with E-state index in [1.807, 2.05) is 6.07 Å². The zero-order valence-electron chi connectivity index (χ0n) is 7.56. The molecular weight excluding hydrogens is 168 g/mol. The van der Waals surface area contributed by atoms with Crippen molar-refractivity contribution in [2.24, 2.45) is 19.1 Å². The second-order valence-corrected chi connectivity index (χ2v) is 2.60. The maximum atomic E-state index is 11.3. The fraction of sp³-hybridized carbons (Fsp3) is 0.375. The molecule has 5 heteroatoms. The molecule has 0 unspecified atom stereocenters. The van der Waals surface area contributed by atoms with E-state index in [-0.39, 0.29) is 12.2 Å². The molecule has 1 heterocycles. The summed E-state index contributed by atoms with van der Waals surface area (Å²) >= 11 is 0. The third kappa shape index (κ3) is 1.85. The van der Waals surface area contributed by atoms with E-state index in [0.29, 0.717) is 5.49 Å². The number of hydrogen-bond acceptors (Lipinski definition) is 3. The summed E-state index contributed by atoms with van der Waals surface area (Å²) in [6.07, 6.45) is 1.62. The summed E-state index contributed by atoms with van der Waals surface area (Å²) in [6, 6.07) is 3.58. The summed E-state index contributed by atoms with van der Waals surface area (Å²) in [7, 11) is 3.29. The van der Waals surface area contributed by atoms with Crippen molar-refractivity contribution in [3.8, 4) is 6.07 Å². The highest BCUT2D eigenvalue weighted by Gasteiger charge is 1.93. The zero-order valence-corrected chi connectivity index (χ0v) is 7.56. The lowest BCUT2D eigenvalue weighted by Crippen LogP contribution is -2.36. The minimum atomic E-state index is -0.154. The molecule has 0 spiro atoms. The third-order valence-corrected chi connectivity index (χ3v) is 1.69. The Morgan fingerprint density at radius 1 is 1.62 bits per heavy atom. The quantitative estimate of drug-likeness (QED) is 0.526. The molecule has 13 heavy (non-hydrogen) atoms. The van der Waals surface area contributed by atoms with Crippen molar-refractivity contribution < 1.29 is 0 Å². The number of rotatable bonds is 1. The largest absolute Gasteiger partial charge is 0.329 e. The van der Waals surface area contributed by atoms with E-state index in [0.717, 1.165) is 0 Å². The standard InChI is InChI=1S/C8H10N4O/c1-11-6-3-7(10-5-4-9)12(2)8(11)13/h3,6H,5H2,1-2H3. The van der Waals surface area contributed by atoms with Gasteiger partial charge in [-0.05, 0) is 6.07 Å². The van der Waals surface area contributed by atoms with Crippen molar-refractivity contribution in [3.63, 3.8) is 0 Å². The Kier molecular flexibility index (Phi) is 2.65. The second-order valence-electron chi connectivity index (χ2n) is 2.60. The highest BCUT2D eigenvalue weighted by Crippen LogP contribution is 1.70. The first-order chi connectivity index (χ1) is 6.16. The van der Waals surface area contributed by atoms with Gasteiger partial charge in [-0.3, -0.25) is 9.56 Å². The van der Waals surface area contributed by atoms with Gasteiger partial charge >= 0.3 is 5.69 Å². The summed E-state index contributed by atoms with van der Waals surface area (Å²) in [4.78, 5) is 15.3. The molecule has 0 N–H and O–H groups in total. The van der Waals surface area contributed by atoms with Gasteiger partial charge in [-0.25, -0.2) is 4.79 Å². The molecule has 0 saturated carbocycles. The first-order valence-corrected chi connectivity index (χ1v) is 3.77. The molecule has 0 amide bonds. The first-order valence-electron chi connectivity index (χ1n) is 3.77. The molecule has 0 aliphatic rings. The predicted molar refractivity (Wildman–Crippen MR) is 46.7 cm³/mol. The van der Waals surface area contributed by atoms with Crippen LogP contribution in [0.3, 0.4) is 0 Å². The van der Waals surface area contributed by atoms with Crippen LogP contribution in [0.2, 0.25) is 0 Å². The number of aryl methyl sites for hydroxylation is 1. The summed E-state index contributed by atoms with van der Waals surface area (Å²) in [5.74, 6) is 0. The third-order valence-electron chi connectivity index (χ3n) is 1.69. The number of hydrogen-bond donors (Lipinski definition) is 0. The molecule has 5 nitrogen and oxygen atoms in total. The first kappa shape index (κ1) is 9.26. The molecular formula is C8H10N4O. The fourth-order valence-corrected chi connectivity index (χ4v) is 0.964. The molecule has 0 atom stereocenters. The average Bonchev–Trinajstić information content (AvgIpc) is 2.13. The maximum Gasteiger partial charge on any atom is 0.329 e. The lowest BCUT2D eigenvalue weighted by molar-refractivity contribution is 0.670. The maximum absolute atomic E-state index is 11.3. The van der Waals surface area contributed by atoms with Crippen LogP contribution in [-0.2, 0) is 14.1 Å². The van der Waals surface area contributed by atoms with Crippen LogP contribution in [0.25, 0.3) is 0 Å². The van der Waals surface area contributed by atoms with E-state index in [9.17, 15) is 4.79 Å². The van der Waals surface area contributed by atoms with Gasteiger partial charge in [-0.15, -0.1) is 0 Å². The van der Waals surface area contributed by atoms with Gasteiger partial charge in [-0.2, -0.15) is 5.26 Å². The van der Waals surface area contributed by atoms with Crippen LogP contribution in [0.15, 0.2) is 22.1 Å². The van der Waals surface area contributed by atoms with E-state index in [1.165, 1.54) is 9.13 Å². The normalized spacial score (nSPS) is 11.3. The van der Waals surface area contributed by atoms with E-state index in [2.05, 4.69) is 4.99 Å². The van der Waals surface area contributed by atoms with Crippen molar-refractivity contribution in [1.82, 2.24) is 9.13 Å². The molecule has 68 valence electrons. The van der Waals surface area contributed by atoms with Crippen molar-refractivity contribution in [1.29, 1.82) is 5.26 Å². The predicted octanol–water partition coefficient (Wildman–Crippen LogP) is -0.852. The fourth-order valence-electron chi connectivity index (χ4n) is 0.964. The molecule has 0 aliphatic carbocycles. The summed E-state index contributed by atoms with van der Waals surface area (Å²) in [6.45, 7) is 0.0704. The average molecular weight is 178 g/mol. The number of nitriles is 1. The van der Waals surface area contributed by atoms with E-state index in [1.54, 1.807) is 26.4 Å². The van der Waals surface area contributed by atoms with Gasteiger partial charge in [0.2, 0.25) is 0 Å². The van der Waals surface area contributed by atoms with Crippen molar-refractivity contribution in [2.75, 3.05) is 6.54 Å². The highest BCUT2D eigenvalue weighted by molar-refractivity contribution is 4.85. The Morgan fingerprint density at radius 2 is 2.31 bits per heavy atom. The Morgan fingerprint density at radius 3 is 2.92 bits per heavy atom. The lowest BCUT2D eigenvalue weighted by Gasteiger charge is -2.00. The van der Waals surface area contributed by atoms with Crippen molar-refractivity contribution in [2.45, 2.75) is 0 Å². The smallest absolute Gasteiger partial charge is 0.304 e. The Hall–Kier alpha value is -1.83. The molecule has 1 rings (SSSR count). The highest BCUT2D eigenvalue weighted by atomic mass is 16.1. The molecule has 0 radical (unpaired) electrons. The van der Waals surface area contributed by atoms with Crippen LogP contribution >= 0.6 is 0 Å². The molecule has 0 saturated heterocycles. The van der Waals surface area contributed by atoms with Gasteiger partial charge in [0.1, 0.15) is 12.0 Å². The van der Waals surface area contributed by atoms with Gasteiger partial charge in [0, 0.05) is 20.3 Å².